The van der Waals surface area contributed by atoms with Gasteiger partial charge in [0, 0.05) is 28.4 Å². The summed E-state index contributed by atoms with van der Waals surface area (Å²) >= 11 is 0. The number of amides is 3. The number of fused-ring (bicyclic) bond motifs is 1. The molecule has 1 atom stereocenters. The van der Waals surface area contributed by atoms with Gasteiger partial charge >= 0.3 is 6.03 Å². The molecule has 1 aliphatic heterocycles. The van der Waals surface area contributed by atoms with Crippen LogP contribution in [0.15, 0.2) is 53.9 Å². The number of aromatic amines is 1. The average molecular weight is 393 g/mol. The molecule has 5 N–H and O–H groups in total. The number of hydrogen-bond donors (Lipinski definition) is 5. The average Bonchev–Trinajstić information content (AvgIpc) is 3.14. The lowest BCUT2D eigenvalue weighted by Gasteiger charge is -2.29. The fourth-order valence-electron chi connectivity index (χ4n) is 3.34. The van der Waals surface area contributed by atoms with Crippen LogP contribution < -0.4 is 20.7 Å². The van der Waals surface area contributed by atoms with Crippen LogP contribution in [0.3, 0.4) is 0 Å². The standard InChI is InChI=1S/C20H19N5O4/c1-10-17(19(27)23-12-3-6-15-11(7-12)9-21-25-15)18(24-20(28)22-10)14-5-4-13(29-2)8-16(14)26/h3-9,18,26H,1-2H3,(H,21,25)(H,23,27)(H2,22,24,28). The van der Waals surface area contributed by atoms with Crippen molar-refractivity contribution >= 4 is 28.5 Å². The van der Waals surface area contributed by atoms with Gasteiger partial charge in [0.15, 0.2) is 0 Å². The van der Waals surface area contributed by atoms with E-state index in [4.69, 9.17) is 4.74 Å². The highest BCUT2D eigenvalue weighted by molar-refractivity contribution is 6.07. The van der Waals surface area contributed by atoms with Crippen LogP contribution in [0.5, 0.6) is 11.5 Å². The number of benzene rings is 2. The van der Waals surface area contributed by atoms with Crippen LogP contribution in [0.4, 0.5) is 10.5 Å². The van der Waals surface area contributed by atoms with Gasteiger partial charge < -0.3 is 25.8 Å². The Kier molecular flexibility index (Phi) is 4.55. The number of ether oxygens (including phenoxy) is 1. The number of H-pyrrole nitrogens is 1. The molecule has 3 amide bonds. The first-order valence-corrected chi connectivity index (χ1v) is 8.86. The van der Waals surface area contributed by atoms with Crippen LogP contribution in [0.2, 0.25) is 0 Å². The van der Waals surface area contributed by atoms with Crippen molar-refractivity contribution in [2.45, 2.75) is 13.0 Å². The smallest absolute Gasteiger partial charge is 0.319 e. The summed E-state index contributed by atoms with van der Waals surface area (Å²) in [4.78, 5) is 25.1. The molecule has 0 aliphatic carbocycles. The number of carbonyl (C=O) groups is 2. The number of phenolic OH excluding ortho intramolecular Hbond substituents is 1. The molecule has 9 heteroatoms. The van der Waals surface area contributed by atoms with Gasteiger partial charge in [0.25, 0.3) is 5.91 Å². The van der Waals surface area contributed by atoms with Crippen LogP contribution in [0.25, 0.3) is 10.9 Å². The van der Waals surface area contributed by atoms with E-state index < -0.39 is 18.0 Å². The van der Waals surface area contributed by atoms with Gasteiger partial charge in [-0.2, -0.15) is 5.10 Å². The third-order valence-electron chi connectivity index (χ3n) is 4.76. The minimum absolute atomic E-state index is 0.0885. The zero-order valence-electron chi connectivity index (χ0n) is 15.7. The number of urea groups is 1. The van der Waals surface area contributed by atoms with Crippen LogP contribution in [-0.4, -0.2) is 34.4 Å². The molecule has 4 rings (SSSR count). The van der Waals surface area contributed by atoms with Crippen LogP contribution in [0, 0.1) is 0 Å². The number of nitrogens with one attached hydrogen (secondary N) is 4. The van der Waals surface area contributed by atoms with Crippen LogP contribution in [-0.2, 0) is 4.79 Å². The first kappa shape index (κ1) is 18.4. The number of phenols is 1. The molecule has 9 nitrogen and oxygen atoms in total. The predicted octanol–water partition coefficient (Wildman–Crippen LogP) is 2.54. The second-order valence-corrected chi connectivity index (χ2v) is 6.62. The number of methoxy groups -OCH3 is 1. The zero-order valence-corrected chi connectivity index (χ0v) is 15.7. The minimum Gasteiger partial charge on any atom is -0.507 e. The van der Waals surface area contributed by atoms with Gasteiger partial charge in [-0.15, -0.1) is 0 Å². The van der Waals surface area contributed by atoms with Crippen molar-refractivity contribution in [2.24, 2.45) is 0 Å². The highest BCUT2D eigenvalue weighted by atomic mass is 16.5. The van der Waals surface area contributed by atoms with Gasteiger partial charge in [-0.1, -0.05) is 0 Å². The number of aromatic nitrogens is 2. The number of rotatable bonds is 4. The summed E-state index contributed by atoms with van der Waals surface area (Å²) in [5.41, 5.74) is 2.51. The molecule has 1 aromatic heterocycles. The van der Waals surface area contributed by atoms with Crippen molar-refractivity contribution in [3.63, 3.8) is 0 Å². The second kappa shape index (κ2) is 7.19. The maximum absolute atomic E-state index is 13.1. The number of allylic oxidation sites excluding steroid dienone is 1. The van der Waals surface area contributed by atoms with Crippen LogP contribution >= 0.6 is 0 Å². The number of hydrogen-bond acceptors (Lipinski definition) is 5. The lowest BCUT2D eigenvalue weighted by atomic mass is 9.94. The summed E-state index contributed by atoms with van der Waals surface area (Å²) in [6, 6.07) is 8.77. The monoisotopic (exact) mass is 393 g/mol. The Labute approximate surface area is 165 Å². The molecule has 0 bridgehead atoms. The van der Waals surface area contributed by atoms with Gasteiger partial charge in [-0.05, 0) is 37.3 Å². The zero-order chi connectivity index (χ0) is 20.5. The Morgan fingerprint density at radius 1 is 1.24 bits per heavy atom. The summed E-state index contributed by atoms with van der Waals surface area (Å²) in [5, 5.41) is 26.2. The molecule has 148 valence electrons. The summed E-state index contributed by atoms with van der Waals surface area (Å²) in [5.74, 6) is -0.0286. The van der Waals surface area contributed by atoms with Gasteiger partial charge in [-0.25, -0.2) is 4.79 Å². The molecular weight excluding hydrogens is 374 g/mol. The van der Waals surface area contributed by atoms with Gasteiger partial charge in [0.05, 0.1) is 30.4 Å². The maximum atomic E-state index is 13.1. The lowest BCUT2D eigenvalue weighted by Crippen LogP contribution is -2.46. The number of nitrogens with zero attached hydrogens (tertiary/aromatic N) is 1. The molecule has 0 saturated heterocycles. The summed E-state index contributed by atoms with van der Waals surface area (Å²) in [6.45, 7) is 1.64. The number of anilines is 1. The Hall–Kier alpha value is -4.01. The molecule has 2 aromatic carbocycles. The molecule has 1 unspecified atom stereocenters. The third-order valence-corrected chi connectivity index (χ3v) is 4.76. The second-order valence-electron chi connectivity index (χ2n) is 6.62. The fraction of sp³-hybridized carbons (Fsp3) is 0.150. The predicted molar refractivity (Wildman–Crippen MR) is 106 cm³/mol. The lowest BCUT2D eigenvalue weighted by molar-refractivity contribution is -0.113. The van der Waals surface area contributed by atoms with Crippen molar-refractivity contribution in [3.8, 4) is 11.5 Å². The van der Waals surface area contributed by atoms with E-state index >= 15 is 0 Å². The molecule has 1 aliphatic rings. The molecule has 3 aromatic rings. The quantitative estimate of drug-likeness (QED) is 0.465. The van der Waals surface area contributed by atoms with Gasteiger partial charge in [0.1, 0.15) is 11.5 Å². The molecule has 2 heterocycles. The van der Waals surface area contributed by atoms with E-state index in [9.17, 15) is 14.7 Å². The highest BCUT2D eigenvalue weighted by Crippen LogP contribution is 2.35. The Morgan fingerprint density at radius 3 is 2.83 bits per heavy atom. The maximum Gasteiger partial charge on any atom is 0.319 e. The van der Waals surface area contributed by atoms with E-state index in [0.29, 0.717) is 22.7 Å². The van der Waals surface area contributed by atoms with Gasteiger partial charge in [-0.3, -0.25) is 9.89 Å². The van der Waals surface area contributed by atoms with E-state index in [2.05, 4.69) is 26.1 Å². The molecule has 0 saturated carbocycles. The number of carbonyl (C=O) groups excluding carboxylic acids is 2. The normalized spacial score (nSPS) is 16.3. The van der Waals surface area contributed by atoms with Gasteiger partial charge in [0.2, 0.25) is 0 Å². The molecule has 0 spiro atoms. The Balaban J connectivity index is 1.69. The Bertz CT molecular complexity index is 1150. The van der Waals surface area contributed by atoms with Crippen molar-refractivity contribution in [3.05, 3.63) is 59.4 Å². The molecular formula is C20H19N5O4. The van der Waals surface area contributed by atoms with E-state index in [1.54, 1.807) is 37.4 Å². The van der Waals surface area contributed by atoms with Crippen molar-refractivity contribution in [1.82, 2.24) is 20.8 Å². The summed E-state index contributed by atoms with van der Waals surface area (Å²) in [7, 11) is 1.49. The highest BCUT2D eigenvalue weighted by Gasteiger charge is 2.33. The summed E-state index contributed by atoms with van der Waals surface area (Å²) < 4.78 is 5.10. The Morgan fingerprint density at radius 2 is 2.07 bits per heavy atom. The van der Waals surface area contributed by atoms with Crippen molar-refractivity contribution in [1.29, 1.82) is 0 Å². The molecule has 0 fully saturated rings. The minimum atomic E-state index is -0.827. The van der Waals surface area contributed by atoms with E-state index in [1.807, 2.05) is 6.07 Å². The fourth-order valence-corrected chi connectivity index (χ4v) is 3.34. The number of aromatic hydroxyl groups is 1. The van der Waals surface area contributed by atoms with E-state index in [1.165, 1.54) is 13.2 Å². The van der Waals surface area contributed by atoms with Crippen molar-refractivity contribution < 1.29 is 19.4 Å². The van der Waals surface area contributed by atoms with E-state index in [0.717, 1.165) is 10.9 Å². The molecule has 0 radical (unpaired) electrons. The molecule has 29 heavy (non-hydrogen) atoms. The topological polar surface area (TPSA) is 128 Å². The van der Waals surface area contributed by atoms with Crippen LogP contribution in [0.1, 0.15) is 18.5 Å². The van der Waals surface area contributed by atoms with E-state index in [-0.39, 0.29) is 11.3 Å². The first-order valence-electron chi connectivity index (χ1n) is 8.86. The largest absolute Gasteiger partial charge is 0.507 e. The third kappa shape index (κ3) is 3.45. The SMILES string of the molecule is COc1ccc(C2NC(=O)NC(C)=C2C(=O)Nc2ccc3[nH]ncc3c2)c(O)c1. The first-order chi connectivity index (χ1) is 14.0. The van der Waals surface area contributed by atoms with Crippen molar-refractivity contribution in [2.75, 3.05) is 12.4 Å². The summed E-state index contributed by atoms with van der Waals surface area (Å²) in [6.07, 6.45) is 1.66.